The van der Waals surface area contributed by atoms with Crippen molar-refractivity contribution in [3.8, 4) is 0 Å². The van der Waals surface area contributed by atoms with Crippen molar-refractivity contribution in [3.63, 3.8) is 0 Å². The first kappa shape index (κ1) is 5.61. The second-order valence-corrected chi connectivity index (χ2v) is 2.09. The molecule has 1 rings (SSSR count). The van der Waals surface area contributed by atoms with Crippen LogP contribution in [0.2, 0.25) is 0 Å². The summed E-state index contributed by atoms with van der Waals surface area (Å²) >= 11 is 0. The Kier molecular flexibility index (Phi) is 1.03. The van der Waals surface area contributed by atoms with Crippen molar-refractivity contribution < 1.29 is 10.0 Å². The third-order valence-corrected chi connectivity index (χ3v) is 1.47. The zero-order valence-electron chi connectivity index (χ0n) is 4.33. The molecule has 8 heavy (non-hydrogen) atoms. The summed E-state index contributed by atoms with van der Waals surface area (Å²) in [5.41, 5.74) is -0.806. The van der Waals surface area contributed by atoms with Crippen LogP contribution in [0, 0.1) is 6.57 Å². The molecule has 1 saturated carbocycles. The van der Waals surface area contributed by atoms with E-state index in [4.69, 9.17) is 16.6 Å². The van der Waals surface area contributed by atoms with Crippen molar-refractivity contribution in [2.24, 2.45) is 0 Å². The molecule has 1 fully saturated rings. The van der Waals surface area contributed by atoms with Crippen molar-refractivity contribution >= 4 is 7.12 Å². The molecule has 0 aromatic carbocycles. The predicted octanol–water partition coefficient (Wildman–Crippen LogP) is -0.550. The first-order valence-corrected chi connectivity index (χ1v) is 2.46. The highest BCUT2D eigenvalue weighted by Crippen LogP contribution is 2.40. The van der Waals surface area contributed by atoms with Crippen LogP contribution < -0.4 is 0 Å². The maximum atomic E-state index is 8.48. The molecule has 4 heteroatoms. The molecule has 0 bridgehead atoms. The molecule has 3 nitrogen and oxygen atoms in total. The van der Waals surface area contributed by atoms with Gasteiger partial charge in [0.2, 0.25) is 0 Å². The maximum absolute atomic E-state index is 8.48. The van der Waals surface area contributed by atoms with E-state index in [2.05, 4.69) is 4.85 Å². The van der Waals surface area contributed by atoms with Gasteiger partial charge in [-0.1, -0.05) is 0 Å². The smallest absolute Gasteiger partial charge is 0.421 e. The fourth-order valence-corrected chi connectivity index (χ4v) is 0.556. The lowest BCUT2D eigenvalue weighted by atomic mass is 9.77. The van der Waals surface area contributed by atoms with Gasteiger partial charge in [-0.25, -0.2) is 6.57 Å². The highest BCUT2D eigenvalue weighted by Gasteiger charge is 2.61. The Morgan fingerprint density at radius 3 is 2.00 bits per heavy atom. The van der Waals surface area contributed by atoms with Crippen molar-refractivity contribution in [1.82, 2.24) is 0 Å². The molecule has 0 aromatic rings. The first-order chi connectivity index (χ1) is 3.71. The van der Waals surface area contributed by atoms with E-state index in [1.165, 1.54) is 0 Å². The van der Waals surface area contributed by atoms with E-state index in [1.807, 2.05) is 0 Å². The summed E-state index contributed by atoms with van der Waals surface area (Å²) in [7, 11) is -1.43. The molecule has 0 amide bonds. The highest BCUT2D eigenvalue weighted by molar-refractivity contribution is 6.47. The molecule has 0 aromatic heterocycles. The van der Waals surface area contributed by atoms with Crippen molar-refractivity contribution in [1.29, 1.82) is 0 Å². The topological polar surface area (TPSA) is 44.8 Å². The third kappa shape index (κ3) is 0.604. The van der Waals surface area contributed by atoms with Gasteiger partial charge in [-0.05, 0) is 0 Å². The number of hydrogen-bond acceptors (Lipinski definition) is 2. The standard InChI is InChI=1S/C4H6BNO2/c1-6-4(2-3-4)5(7)8/h7-8H,2-3H2. The predicted molar refractivity (Wildman–Crippen MR) is 28.8 cm³/mol. The first-order valence-electron chi connectivity index (χ1n) is 2.46. The van der Waals surface area contributed by atoms with Gasteiger partial charge in [0.25, 0.3) is 5.44 Å². The fourth-order valence-electron chi connectivity index (χ4n) is 0.556. The number of rotatable bonds is 1. The monoisotopic (exact) mass is 111 g/mol. The molecule has 0 aliphatic heterocycles. The molecule has 2 N–H and O–H groups in total. The van der Waals surface area contributed by atoms with E-state index in [0.29, 0.717) is 12.8 Å². The molecule has 42 valence electrons. The van der Waals surface area contributed by atoms with E-state index in [1.54, 1.807) is 0 Å². The van der Waals surface area contributed by atoms with Gasteiger partial charge in [-0.2, -0.15) is 0 Å². The van der Waals surface area contributed by atoms with E-state index >= 15 is 0 Å². The summed E-state index contributed by atoms with van der Waals surface area (Å²) in [5, 5.41) is 17.0. The minimum absolute atomic E-state index is 0.633. The van der Waals surface area contributed by atoms with Gasteiger partial charge in [-0.15, -0.1) is 0 Å². The third-order valence-electron chi connectivity index (χ3n) is 1.47. The molecule has 0 atom stereocenters. The van der Waals surface area contributed by atoms with Gasteiger partial charge in [-0.3, -0.25) is 0 Å². The van der Waals surface area contributed by atoms with Gasteiger partial charge >= 0.3 is 7.12 Å². The van der Waals surface area contributed by atoms with E-state index < -0.39 is 12.6 Å². The molecule has 0 spiro atoms. The molecule has 0 saturated heterocycles. The van der Waals surface area contributed by atoms with Crippen LogP contribution in [0.25, 0.3) is 4.85 Å². The summed E-state index contributed by atoms with van der Waals surface area (Å²) in [5.74, 6) is 0. The van der Waals surface area contributed by atoms with Crippen LogP contribution >= 0.6 is 0 Å². The molecule has 0 radical (unpaired) electrons. The lowest BCUT2D eigenvalue weighted by Gasteiger charge is -1.95. The van der Waals surface area contributed by atoms with Gasteiger partial charge < -0.3 is 14.9 Å². The minimum Gasteiger partial charge on any atom is -0.421 e. The number of nitrogens with zero attached hydrogens (tertiary/aromatic N) is 1. The van der Waals surface area contributed by atoms with Crippen molar-refractivity contribution in [2.45, 2.75) is 18.3 Å². The molecule has 0 heterocycles. The van der Waals surface area contributed by atoms with Crippen molar-refractivity contribution in [2.75, 3.05) is 0 Å². The van der Waals surface area contributed by atoms with Gasteiger partial charge in [0.05, 0.1) is 0 Å². The summed E-state index contributed by atoms with van der Waals surface area (Å²) in [6.45, 7) is 6.50. The zero-order chi connectivity index (χ0) is 6.20. The normalized spacial score (nSPS) is 21.6. The van der Waals surface area contributed by atoms with E-state index in [-0.39, 0.29) is 0 Å². The van der Waals surface area contributed by atoms with Gasteiger partial charge in [0, 0.05) is 12.8 Å². The summed E-state index contributed by atoms with van der Waals surface area (Å²) in [4.78, 5) is 3.08. The Morgan fingerprint density at radius 2 is 2.00 bits per heavy atom. The van der Waals surface area contributed by atoms with Crippen LogP contribution in [0.4, 0.5) is 0 Å². The molecule has 1 aliphatic rings. The average molecular weight is 111 g/mol. The van der Waals surface area contributed by atoms with Gasteiger partial charge in [0.1, 0.15) is 0 Å². The van der Waals surface area contributed by atoms with Gasteiger partial charge in [0.15, 0.2) is 0 Å². The molecule has 1 aliphatic carbocycles. The van der Waals surface area contributed by atoms with Crippen LogP contribution in [-0.4, -0.2) is 22.6 Å². The van der Waals surface area contributed by atoms with Crippen LogP contribution in [0.5, 0.6) is 0 Å². The maximum Gasteiger partial charge on any atom is 0.549 e. The zero-order valence-corrected chi connectivity index (χ0v) is 4.33. The lowest BCUT2D eigenvalue weighted by Crippen LogP contribution is -2.29. The van der Waals surface area contributed by atoms with Crippen LogP contribution in [0.1, 0.15) is 12.8 Å². The lowest BCUT2D eigenvalue weighted by molar-refractivity contribution is 0.392. The van der Waals surface area contributed by atoms with E-state index in [9.17, 15) is 0 Å². The second-order valence-electron chi connectivity index (χ2n) is 2.09. The molecule has 0 unspecified atom stereocenters. The second kappa shape index (κ2) is 1.47. The summed E-state index contributed by atoms with van der Waals surface area (Å²) in [6, 6.07) is 0. The SMILES string of the molecule is [C-]#[N+]C1(B(O)O)CC1. The van der Waals surface area contributed by atoms with E-state index in [0.717, 1.165) is 0 Å². The Balaban J connectivity index is 2.57. The molecular formula is C4H6BNO2. The Morgan fingerprint density at radius 1 is 1.50 bits per heavy atom. The summed E-state index contributed by atoms with van der Waals surface area (Å²) in [6.07, 6.45) is 1.27. The minimum atomic E-state index is -1.43. The van der Waals surface area contributed by atoms with Crippen LogP contribution in [0.15, 0.2) is 0 Å². The summed E-state index contributed by atoms with van der Waals surface area (Å²) < 4.78 is 0. The Hall–Kier alpha value is -0.525. The fraction of sp³-hybridized carbons (Fsp3) is 0.750. The molecular weight excluding hydrogens is 105 g/mol. The Bertz CT molecular complexity index is 135. The number of hydrogen-bond donors (Lipinski definition) is 2. The Labute approximate surface area is 47.9 Å². The van der Waals surface area contributed by atoms with Crippen molar-refractivity contribution in [3.05, 3.63) is 11.4 Å². The largest absolute Gasteiger partial charge is 0.549 e. The average Bonchev–Trinajstić information content (AvgIpc) is 2.44. The highest BCUT2D eigenvalue weighted by atomic mass is 16.4. The van der Waals surface area contributed by atoms with Crippen LogP contribution in [0.3, 0.4) is 0 Å². The quantitative estimate of drug-likeness (QED) is 0.352. The van der Waals surface area contributed by atoms with Crippen LogP contribution in [-0.2, 0) is 0 Å².